The molecule has 0 fully saturated rings. The van der Waals surface area contributed by atoms with Crippen LogP contribution < -0.4 is 9.44 Å². The Morgan fingerprint density at radius 2 is 2.10 bits per heavy atom. The monoisotopic (exact) mass is 316 g/mol. The van der Waals surface area contributed by atoms with Crippen molar-refractivity contribution < 1.29 is 13.5 Å². The molecule has 112 valence electrons. The first kappa shape index (κ1) is 17.1. The van der Waals surface area contributed by atoms with Gasteiger partial charge in [0.2, 0.25) is 0 Å². The zero-order chi connectivity index (χ0) is 15.0. The van der Waals surface area contributed by atoms with E-state index >= 15 is 0 Å². The van der Waals surface area contributed by atoms with Crippen molar-refractivity contribution in [1.82, 2.24) is 9.44 Å². The van der Waals surface area contributed by atoms with Crippen LogP contribution in [0.2, 0.25) is 0 Å². The standard InChI is InChI=1S/C13H20N2O3S2/c1-11(2)9-14-20(17,18)15-10-13-7-6-12(19-13)5-3-4-8-16/h6-7,11,14-16H,4,8-10H2,1-2H3. The van der Waals surface area contributed by atoms with Crippen LogP contribution in [-0.2, 0) is 16.8 Å². The van der Waals surface area contributed by atoms with E-state index in [1.807, 2.05) is 26.0 Å². The van der Waals surface area contributed by atoms with E-state index in [2.05, 4.69) is 21.3 Å². The summed E-state index contributed by atoms with van der Waals surface area (Å²) in [7, 11) is -3.45. The molecule has 7 heteroatoms. The number of hydrogen-bond donors (Lipinski definition) is 3. The summed E-state index contributed by atoms with van der Waals surface area (Å²) in [4.78, 5) is 1.76. The summed E-state index contributed by atoms with van der Waals surface area (Å²) < 4.78 is 28.3. The van der Waals surface area contributed by atoms with Gasteiger partial charge in [-0.1, -0.05) is 25.7 Å². The van der Waals surface area contributed by atoms with Crippen molar-refractivity contribution in [3.8, 4) is 11.8 Å². The van der Waals surface area contributed by atoms with Gasteiger partial charge >= 0.3 is 0 Å². The lowest BCUT2D eigenvalue weighted by molar-refractivity contribution is 0.305. The van der Waals surface area contributed by atoms with E-state index < -0.39 is 10.2 Å². The highest BCUT2D eigenvalue weighted by atomic mass is 32.2. The van der Waals surface area contributed by atoms with E-state index in [1.54, 1.807) is 0 Å². The zero-order valence-corrected chi connectivity index (χ0v) is 13.3. The van der Waals surface area contributed by atoms with Gasteiger partial charge in [0.1, 0.15) is 0 Å². The van der Waals surface area contributed by atoms with E-state index in [1.165, 1.54) is 11.3 Å². The topological polar surface area (TPSA) is 78.4 Å². The van der Waals surface area contributed by atoms with Gasteiger partial charge < -0.3 is 5.11 Å². The molecule has 1 heterocycles. The largest absolute Gasteiger partial charge is 0.395 e. The minimum Gasteiger partial charge on any atom is -0.395 e. The third-order valence-corrected chi connectivity index (χ3v) is 4.30. The van der Waals surface area contributed by atoms with Crippen molar-refractivity contribution in [2.45, 2.75) is 26.8 Å². The lowest BCUT2D eigenvalue weighted by Gasteiger charge is -2.09. The molecule has 1 rings (SSSR count). The van der Waals surface area contributed by atoms with Crippen LogP contribution in [-0.4, -0.2) is 26.7 Å². The Kier molecular flexibility index (Phi) is 7.19. The molecular weight excluding hydrogens is 296 g/mol. The quantitative estimate of drug-likeness (QED) is 0.658. The van der Waals surface area contributed by atoms with Crippen LogP contribution in [0, 0.1) is 17.8 Å². The first-order chi connectivity index (χ1) is 9.43. The SMILES string of the molecule is CC(C)CNS(=O)(=O)NCc1ccc(C#CCCO)s1. The minimum atomic E-state index is -3.45. The van der Waals surface area contributed by atoms with E-state index in [0.717, 1.165) is 9.75 Å². The molecule has 0 radical (unpaired) electrons. The van der Waals surface area contributed by atoms with Crippen molar-refractivity contribution in [1.29, 1.82) is 0 Å². The average Bonchev–Trinajstić information content (AvgIpc) is 2.83. The highest BCUT2D eigenvalue weighted by Crippen LogP contribution is 2.15. The molecular formula is C13H20N2O3S2. The van der Waals surface area contributed by atoms with Crippen LogP contribution in [0.4, 0.5) is 0 Å². The molecule has 5 nitrogen and oxygen atoms in total. The fourth-order valence-corrected chi connectivity index (χ4v) is 3.15. The summed E-state index contributed by atoms with van der Waals surface area (Å²) >= 11 is 1.44. The lowest BCUT2D eigenvalue weighted by Crippen LogP contribution is -2.37. The smallest absolute Gasteiger partial charge is 0.277 e. The highest BCUT2D eigenvalue weighted by molar-refractivity contribution is 7.87. The van der Waals surface area contributed by atoms with Gasteiger partial charge in [-0.15, -0.1) is 11.3 Å². The molecule has 3 N–H and O–H groups in total. The summed E-state index contributed by atoms with van der Waals surface area (Å²) in [5.74, 6) is 6.01. The first-order valence-electron chi connectivity index (χ1n) is 6.35. The van der Waals surface area contributed by atoms with Crippen molar-refractivity contribution in [3.63, 3.8) is 0 Å². The fourth-order valence-electron chi connectivity index (χ4n) is 1.24. The van der Waals surface area contributed by atoms with Gasteiger partial charge in [-0.05, 0) is 18.1 Å². The molecule has 0 atom stereocenters. The Morgan fingerprint density at radius 1 is 1.35 bits per heavy atom. The van der Waals surface area contributed by atoms with Crippen LogP contribution >= 0.6 is 11.3 Å². The molecule has 0 saturated heterocycles. The number of hydrogen-bond acceptors (Lipinski definition) is 4. The Labute approximate surface area is 124 Å². The third-order valence-electron chi connectivity index (χ3n) is 2.23. The number of nitrogens with one attached hydrogen (secondary N) is 2. The predicted molar refractivity (Wildman–Crippen MR) is 81.5 cm³/mol. The molecule has 0 saturated carbocycles. The van der Waals surface area contributed by atoms with Gasteiger partial charge in [-0.3, -0.25) is 0 Å². The van der Waals surface area contributed by atoms with Gasteiger partial charge in [-0.2, -0.15) is 13.1 Å². The number of rotatable bonds is 7. The Morgan fingerprint density at radius 3 is 2.75 bits per heavy atom. The summed E-state index contributed by atoms with van der Waals surface area (Å²) in [6.07, 6.45) is 0.443. The number of aliphatic hydroxyl groups excluding tert-OH is 1. The summed E-state index contributed by atoms with van der Waals surface area (Å²) in [6, 6.07) is 3.69. The molecule has 0 aromatic carbocycles. The molecule has 0 amide bonds. The first-order valence-corrected chi connectivity index (χ1v) is 8.65. The van der Waals surface area contributed by atoms with E-state index in [9.17, 15) is 8.42 Å². The maximum absolute atomic E-state index is 11.7. The molecule has 0 aliphatic carbocycles. The second kappa shape index (κ2) is 8.39. The molecule has 1 aromatic heterocycles. The minimum absolute atomic E-state index is 0.0482. The molecule has 20 heavy (non-hydrogen) atoms. The predicted octanol–water partition coefficient (Wildman–Crippen LogP) is 1.06. The second-order valence-electron chi connectivity index (χ2n) is 4.61. The lowest BCUT2D eigenvalue weighted by atomic mass is 10.2. The van der Waals surface area contributed by atoms with Gasteiger partial charge in [0.25, 0.3) is 10.2 Å². The second-order valence-corrected chi connectivity index (χ2v) is 7.36. The maximum atomic E-state index is 11.7. The maximum Gasteiger partial charge on any atom is 0.277 e. The van der Waals surface area contributed by atoms with Crippen LogP contribution in [0.1, 0.15) is 30.0 Å². The Hall–Kier alpha value is -0.910. The molecule has 0 aliphatic rings. The third kappa shape index (κ3) is 7.03. The molecule has 0 spiro atoms. The van der Waals surface area contributed by atoms with E-state index in [4.69, 9.17) is 5.11 Å². The summed E-state index contributed by atoms with van der Waals surface area (Å²) in [5.41, 5.74) is 0. The highest BCUT2D eigenvalue weighted by Gasteiger charge is 2.10. The van der Waals surface area contributed by atoms with Crippen molar-refractivity contribution in [3.05, 3.63) is 21.9 Å². The average molecular weight is 316 g/mol. The summed E-state index contributed by atoms with van der Waals surface area (Å²) in [5, 5.41) is 8.63. The Bertz CT molecular complexity index is 568. The normalized spacial score (nSPS) is 11.4. The molecule has 1 aromatic rings. The molecule has 0 aliphatic heterocycles. The molecule has 0 bridgehead atoms. The van der Waals surface area contributed by atoms with Crippen molar-refractivity contribution in [2.24, 2.45) is 5.92 Å². The van der Waals surface area contributed by atoms with Crippen molar-refractivity contribution in [2.75, 3.05) is 13.2 Å². The number of aliphatic hydroxyl groups is 1. The summed E-state index contributed by atoms with van der Waals surface area (Å²) in [6.45, 7) is 4.60. The van der Waals surface area contributed by atoms with Crippen LogP contribution in [0.5, 0.6) is 0 Å². The van der Waals surface area contributed by atoms with Crippen LogP contribution in [0.3, 0.4) is 0 Å². The van der Waals surface area contributed by atoms with Crippen LogP contribution in [0.25, 0.3) is 0 Å². The van der Waals surface area contributed by atoms with Gasteiger partial charge in [0.15, 0.2) is 0 Å². The van der Waals surface area contributed by atoms with Gasteiger partial charge in [-0.25, -0.2) is 4.72 Å². The van der Waals surface area contributed by atoms with Crippen LogP contribution in [0.15, 0.2) is 12.1 Å². The van der Waals surface area contributed by atoms with Crippen molar-refractivity contribution >= 4 is 21.5 Å². The van der Waals surface area contributed by atoms with Gasteiger partial charge in [0.05, 0.1) is 11.5 Å². The Balaban J connectivity index is 2.48. The zero-order valence-electron chi connectivity index (χ0n) is 11.6. The fraction of sp³-hybridized carbons (Fsp3) is 0.538. The van der Waals surface area contributed by atoms with E-state index in [-0.39, 0.29) is 19.1 Å². The van der Waals surface area contributed by atoms with E-state index in [0.29, 0.717) is 13.0 Å². The van der Waals surface area contributed by atoms with Gasteiger partial charge in [0, 0.05) is 24.4 Å². The number of thiophene rings is 1. The molecule has 0 unspecified atom stereocenters.